The first kappa shape index (κ1) is 17.5. The smallest absolute Gasteiger partial charge is 0.231 e. The third-order valence-corrected chi connectivity index (χ3v) is 5.09. The minimum absolute atomic E-state index is 0.113. The van der Waals surface area contributed by atoms with Crippen LogP contribution in [0, 0.1) is 39.7 Å². The van der Waals surface area contributed by atoms with Crippen LogP contribution in [0.1, 0.15) is 38.2 Å². The zero-order valence-corrected chi connectivity index (χ0v) is 14.7. The van der Waals surface area contributed by atoms with Crippen molar-refractivity contribution < 1.29 is 27.8 Å². The van der Waals surface area contributed by atoms with Crippen molar-refractivity contribution in [2.45, 2.75) is 32.6 Å². The van der Waals surface area contributed by atoms with Crippen LogP contribution >= 0.6 is 0 Å². The molecule has 140 valence electrons. The number of rotatable bonds is 1. The molecule has 3 aliphatic heterocycles. The molecule has 1 N–H and O–H groups in total. The highest BCUT2D eigenvalue weighted by atomic mass is 19.2. The van der Waals surface area contributed by atoms with Crippen LogP contribution in [0.4, 0.5) is 8.78 Å². The summed E-state index contributed by atoms with van der Waals surface area (Å²) in [5.74, 6) is -5.60. The van der Waals surface area contributed by atoms with Crippen LogP contribution in [-0.2, 0) is 9.53 Å². The molecule has 0 fully saturated rings. The molecule has 0 amide bonds. The maximum Gasteiger partial charge on any atom is 0.231 e. The van der Waals surface area contributed by atoms with Crippen molar-refractivity contribution in [1.29, 1.82) is 10.7 Å². The highest BCUT2D eigenvalue weighted by molar-refractivity contribution is 6.02. The van der Waals surface area contributed by atoms with Crippen molar-refractivity contribution >= 4 is 11.7 Å². The van der Waals surface area contributed by atoms with Crippen LogP contribution in [-0.4, -0.2) is 18.5 Å². The van der Waals surface area contributed by atoms with E-state index in [-0.39, 0.29) is 40.4 Å². The van der Waals surface area contributed by atoms with Crippen LogP contribution in [0.25, 0.3) is 0 Å². The fraction of sp³-hybridized carbons (Fsp3) is 0.421. The van der Waals surface area contributed by atoms with Gasteiger partial charge in [0.2, 0.25) is 24.3 Å². The summed E-state index contributed by atoms with van der Waals surface area (Å²) in [6.07, 6.45) is 0.620. The molecule has 0 saturated heterocycles. The number of nitriles is 1. The van der Waals surface area contributed by atoms with E-state index in [9.17, 15) is 18.8 Å². The molecule has 4 aliphatic rings. The third-order valence-electron chi connectivity index (χ3n) is 5.09. The fourth-order valence-electron chi connectivity index (χ4n) is 3.94. The van der Waals surface area contributed by atoms with Gasteiger partial charge in [-0.25, -0.2) is 0 Å². The number of halogens is 2. The molecular formula is C19H16F2N2O4. The van der Waals surface area contributed by atoms with Crippen LogP contribution in [0.3, 0.4) is 0 Å². The number of nitrogens with one attached hydrogen (secondary N) is 1. The van der Waals surface area contributed by atoms with Crippen molar-refractivity contribution in [2.24, 2.45) is 11.3 Å². The Bertz CT molecular complexity index is 961. The van der Waals surface area contributed by atoms with Gasteiger partial charge in [0.25, 0.3) is 0 Å². The Morgan fingerprint density at radius 1 is 1.26 bits per heavy atom. The zero-order chi connectivity index (χ0) is 19.5. The lowest BCUT2D eigenvalue weighted by Gasteiger charge is -2.39. The van der Waals surface area contributed by atoms with Gasteiger partial charge in [-0.2, -0.15) is 14.0 Å². The minimum Gasteiger partial charge on any atom is -0.454 e. The quantitative estimate of drug-likeness (QED) is 0.811. The standard InChI is InChI=1S/C19H16F2N2O4/c1-19(2)4-10(24)14-12(5-19)27-18(23)9(6-22)13(14)8-3-11-15(20)16(21)17(8)26-7-25-11/h3,9,13,23H,4-5,7H2,1-2H3. The van der Waals surface area contributed by atoms with E-state index in [2.05, 4.69) is 0 Å². The van der Waals surface area contributed by atoms with Gasteiger partial charge in [0.15, 0.2) is 17.3 Å². The van der Waals surface area contributed by atoms with Crippen LogP contribution in [0.15, 0.2) is 17.4 Å². The summed E-state index contributed by atoms with van der Waals surface area (Å²) >= 11 is 0. The van der Waals surface area contributed by atoms with Crippen molar-refractivity contribution in [2.75, 3.05) is 6.79 Å². The molecule has 5 rings (SSSR count). The molecule has 0 radical (unpaired) electrons. The van der Waals surface area contributed by atoms with E-state index < -0.39 is 36.0 Å². The number of benzene rings is 1. The SMILES string of the molecule is CC1(C)CC(=O)C2=C(C1)OC(=N)C(C#N)C2c1cc2c(F)c(F)c1OCO2. The zero-order valence-electron chi connectivity index (χ0n) is 14.7. The van der Waals surface area contributed by atoms with Crippen molar-refractivity contribution in [3.63, 3.8) is 0 Å². The van der Waals surface area contributed by atoms with Gasteiger partial charge >= 0.3 is 0 Å². The van der Waals surface area contributed by atoms with Gasteiger partial charge in [0.05, 0.1) is 6.07 Å². The van der Waals surface area contributed by atoms with Gasteiger partial charge < -0.3 is 14.2 Å². The predicted molar refractivity (Wildman–Crippen MR) is 88.2 cm³/mol. The summed E-state index contributed by atoms with van der Waals surface area (Å²) in [6.45, 7) is 3.41. The molecule has 0 aromatic heterocycles. The van der Waals surface area contributed by atoms with Gasteiger partial charge in [0, 0.05) is 29.9 Å². The molecule has 1 aliphatic carbocycles. The van der Waals surface area contributed by atoms with Crippen LogP contribution in [0.2, 0.25) is 0 Å². The molecule has 2 bridgehead atoms. The van der Waals surface area contributed by atoms with E-state index in [1.807, 2.05) is 19.9 Å². The van der Waals surface area contributed by atoms with Gasteiger partial charge in [-0.05, 0) is 11.5 Å². The highest BCUT2D eigenvalue weighted by Crippen LogP contribution is 2.51. The average molecular weight is 374 g/mol. The Balaban J connectivity index is 1.97. The molecule has 6 nitrogen and oxygen atoms in total. The summed E-state index contributed by atoms with van der Waals surface area (Å²) in [5.41, 5.74) is -0.0299. The monoisotopic (exact) mass is 374 g/mol. The van der Waals surface area contributed by atoms with Gasteiger partial charge in [0.1, 0.15) is 11.7 Å². The number of hydrogen-bond donors (Lipinski definition) is 1. The third kappa shape index (κ3) is 2.57. The Labute approximate surface area is 153 Å². The van der Waals surface area contributed by atoms with Crippen LogP contribution < -0.4 is 9.47 Å². The fourth-order valence-corrected chi connectivity index (χ4v) is 3.94. The lowest BCUT2D eigenvalue weighted by Crippen LogP contribution is -2.38. The Kier molecular flexibility index (Phi) is 3.74. The summed E-state index contributed by atoms with van der Waals surface area (Å²) in [5, 5.41) is 17.7. The van der Waals surface area contributed by atoms with E-state index in [0.29, 0.717) is 12.2 Å². The number of hydrogen-bond acceptors (Lipinski definition) is 6. The molecule has 0 saturated carbocycles. The van der Waals surface area contributed by atoms with Gasteiger partial charge in [-0.3, -0.25) is 10.2 Å². The molecular weight excluding hydrogens is 358 g/mol. The Morgan fingerprint density at radius 3 is 2.70 bits per heavy atom. The largest absolute Gasteiger partial charge is 0.454 e. The topological polar surface area (TPSA) is 92.4 Å². The molecule has 27 heavy (non-hydrogen) atoms. The molecule has 0 spiro atoms. The van der Waals surface area contributed by atoms with Gasteiger partial charge in [-0.15, -0.1) is 0 Å². The molecule has 8 heteroatoms. The van der Waals surface area contributed by atoms with E-state index in [1.54, 1.807) is 0 Å². The highest BCUT2D eigenvalue weighted by Gasteiger charge is 2.48. The Hall–Kier alpha value is -2.95. The number of ether oxygens (including phenoxy) is 3. The summed E-state index contributed by atoms with van der Waals surface area (Å²) in [4.78, 5) is 12.9. The second-order valence-electron chi connectivity index (χ2n) is 7.66. The van der Waals surface area contributed by atoms with Crippen molar-refractivity contribution in [1.82, 2.24) is 0 Å². The normalized spacial score (nSPS) is 25.7. The average Bonchev–Trinajstić information content (AvgIpc) is 2.87. The number of nitrogens with zero attached hydrogens (tertiary/aromatic N) is 1. The molecule has 2 unspecified atom stereocenters. The second kappa shape index (κ2) is 5.78. The summed E-state index contributed by atoms with van der Waals surface area (Å²) < 4.78 is 44.2. The van der Waals surface area contributed by atoms with E-state index in [1.165, 1.54) is 6.07 Å². The first-order chi connectivity index (χ1) is 12.7. The number of ketones is 1. The number of carbonyl (C=O) groups excluding carboxylic acids is 1. The number of Topliss-reactive ketones (excluding diaryl/α,β-unsaturated/α-hetero) is 1. The lowest BCUT2D eigenvalue weighted by molar-refractivity contribution is -0.119. The number of allylic oxidation sites excluding steroid dienone is 2. The minimum atomic E-state index is -1.24. The van der Waals surface area contributed by atoms with E-state index in [4.69, 9.17) is 19.6 Å². The first-order valence-electron chi connectivity index (χ1n) is 8.43. The molecule has 3 heterocycles. The van der Waals surface area contributed by atoms with E-state index in [0.717, 1.165) is 0 Å². The summed E-state index contributed by atoms with van der Waals surface area (Å²) in [6, 6.07) is 3.20. The maximum absolute atomic E-state index is 14.4. The van der Waals surface area contributed by atoms with Crippen molar-refractivity contribution in [3.05, 3.63) is 34.6 Å². The van der Waals surface area contributed by atoms with Crippen molar-refractivity contribution in [3.8, 4) is 17.6 Å². The molecule has 1 aromatic rings. The Morgan fingerprint density at radius 2 is 2.00 bits per heavy atom. The maximum atomic E-state index is 14.4. The predicted octanol–water partition coefficient (Wildman–Crippen LogP) is 3.57. The lowest BCUT2D eigenvalue weighted by atomic mass is 9.68. The van der Waals surface area contributed by atoms with E-state index >= 15 is 0 Å². The number of carbonyl (C=O) groups is 1. The summed E-state index contributed by atoms with van der Waals surface area (Å²) in [7, 11) is 0. The second-order valence-corrected chi connectivity index (χ2v) is 7.66. The van der Waals surface area contributed by atoms with Crippen LogP contribution in [0.5, 0.6) is 11.5 Å². The first-order valence-corrected chi connectivity index (χ1v) is 8.43. The molecule has 1 aromatic carbocycles. The number of fused-ring (bicyclic) bond motifs is 4. The van der Waals surface area contributed by atoms with Gasteiger partial charge in [-0.1, -0.05) is 13.8 Å². The molecule has 2 atom stereocenters.